The number of rotatable bonds is 4. The summed E-state index contributed by atoms with van der Waals surface area (Å²) in [5.41, 5.74) is 1.48. The monoisotopic (exact) mass is 233 g/mol. The summed E-state index contributed by atoms with van der Waals surface area (Å²) < 4.78 is 0. The molecule has 2 aromatic rings. The lowest BCUT2D eigenvalue weighted by Crippen LogP contribution is -2.19. The van der Waals surface area contributed by atoms with Gasteiger partial charge in [0.2, 0.25) is 0 Å². The van der Waals surface area contributed by atoms with Crippen LogP contribution in [0, 0.1) is 0 Å². The first-order chi connectivity index (χ1) is 8.22. The summed E-state index contributed by atoms with van der Waals surface area (Å²) in [5.74, 6) is 0. The van der Waals surface area contributed by atoms with Crippen molar-refractivity contribution < 1.29 is 15.3 Å². The van der Waals surface area contributed by atoms with E-state index in [1.54, 1.807) is 24.4 Å². The van der Waals surface area contributed by atoms with Crippen molar-refractivity contribution in [1.29, 1.82) is 0 Å². The van der Waals surface area contributed by atoms with E-state index in [4.69, 9.17) is 5.11 Å². The van der Waals surface area contributed by atoms with Crippen LogP contribution in [0.3, 0.4) is 0 Å². The lowest BCUT2D eigenvalue weighted by molar-refractivity contribution is 0.00428. The van der Waals surface area contributed by atoms with E-state index in [1.807, 2.05) is 12.1 Å². The number of nitrogens with zero attached hydrogens (tertiary/aromatic N) is 1. The second kappa shape index (κ2) is 5.23. The molecule has 1 aromatic heterocycles. The summed E-state index contributed by atoms with van der Waals surface area (Å²) in [7, 11) is 0. The molecule has 1 aromatic carbocycles. The third kappa shape index (κ3) is 2.61. The molecule has 90 valence electrons. The number of aliphatic hydroxyl groups excluding tert-OH is 3. The molecule has 17 heavy (non-hydrogen) atoms. The normalized spacial score (nSPS) is 14.8. The van der Waals surface area contributed by atoms with E-state index in [1.165, 1.54) is 0 Å². The molecule has 4 heteroatoms. The predicted molar refractivity (Wildman–Crippen MR) is 64.4 cm³/mol. The van der Waals surface area contributed by atoms with Crippen LogP contribution in [0.5, 0.6) is 0 Å². The maximum atomic E-state index is 9.90. The van der Waals surface area contributed by atoms with Crippen molar-refractivity contribution >= 4 is 10.9 Å². The molecule has 3 N–H and O–H groups in total. The van der Waals surface area contributed by atoms with E-state index in [0.29, 0.717) is 5.56 Å². The van der Waals surface area contributed by atoms with Crippen LogP contribution in [-0.2, 0) is 0 Å². The Hall–Kier alpha value is -1.49. The van der Waals surface area contributed by atoms with Gasteiger partial charge in [0.05, 0.1) is 11.6 Å². The smallest absolute Gasteiger partial charge is 0.105 e. The molecule has 0 spiro atoms. The van der Waals surface area contributed by atoms with Crippen molar-refractivity contribution in [2.45, 2.75) is 18.6 Å². The second-order valence-electron chi connectivity index (χ2n) is 3.98. The van der Waals surface area contributed by atoms with Crippen LogP contribution in [0.2, 0.25) is 0 Å². The van der Waals surface area contributed by atoms with Gasteiger partial charge in [-0.05, 0) is 30.2 Å². The highest BCUT2D eigenvalue weighted by Crippen LogP contribution is 2.22. The maximum Gasteiger partial charge on any atom is 0.105 e. The minimum Gasteiger partial charge on any atom is -0.396 e. The van der Waals surface area contributed by atoms with Crippen LogP contribution < -0.4 is 0 Å². The summed E-state index contributed by atoms with van der Waals surface area (Å²) in [4.78, 5) is 4.18. The van der Waals surface area contributed by atoms with Gasteiger partial charge < -0.3 is 15.3 Å². The standard InChI is InChI=1S/C13H15NO3/c15-7-5-12(16)13(17)10-3-4-11-9(8-10)2-1-6-14-11/h1-4,6,8,12-13,15-17H,5,7H2. The lowest BCUT2D eigenvalue weighted by atomic mass is 10.0. The topological polar surface area (TPSA) is 73.6 Å². The minimum absolute atomic E-state index is 0.145. The highest BCUT2D eigenvalue weighted by molar-refractivity contribution is 5.79. The van der Waals surface area contributed by atoms with E-state index >= 15 is 0 Å². The average Bonchev–Trinajstić information content (AvgIpc) is 2.37. The van der Waals surface area contributed by atoms with E-state index in [-0.39, 0.29) is 13.0 Å². The molecule has 0 aliphatic rings. The van der Waals surface area contributed by atoms with Crippen LogP contribution in [0.4, 0.5) is 0 Å². The van der Waals surface area contributed by atoms with Crippen molar-refractivity contribution in [2.24, 2.45) is 0 Å². The Labute approximate surface area is 99.2 Å². The molecule has 2 unspecified atom stereocenters. The zero-order valence-electron chi connectivity index (χ0n) is 9.32. The van der Waals surface area contributed by atoms with Gasteiger partial charge in [-0.3, -0.25) is 4.98 Å². The fourth-order valence-corrected chi connectivity index (χ4v) is 1.79. The van der Waals surface area contributed by atoms with Gasteiger partial charge in [0.15, 0.2) is 0 Å². The number of pyridine rings is 1. The predicted octanol–water partition coefficient (Wildman–Crippen LogP) is 1.01. The Kier molecular flexibility index (Phi) is 3.68. The Balaban J connectivity index is 2.29. The molecular formula is C13H15NO3. The zero-order chi connectivity index (χ0) is 12.3. The molecule has 2 rings (SSSR count). The molecule has 0 amide bonds. The molecule has 0 saturated carbocycles. The van der Waals surface area contributed by atoms with Gasteiger partial charge >= 0.3 is 0 Å². The summed E-state index contributed by atoms with van der Waals surface area (Å²) in [5, 5.41) is 29.2. The van der Waals surface area contributed by atoms with Gasteiger partial charge in [0.25, 0.3) is 0 Å². The fraction of sp³-hybridized carbons (Fsp3) is 0.308. The fourth-order valence-electron chi connectivity index (χ4n) is 1.79. The first kappa shape index (κ1) is 12.0. The Morgan fingerprint density at radius 1 is 1.18 bits per heavy atom. The number of aromatic nitrogens is 1. The summed E-state index contributed by atoms with van der Waals surface area (Å²) >= 11 is 0. The van der Waals surface area contributed by atoms with Crippen molar-refractivity contribution in [2.75, 3.05) is 6.61 Å². The number of hydrogen-bond acceptors (Lipinski definition) is 4. The molecule has 0 aliphatic heterocycles. The van der Waals surface area contributed by atoms with Crippen LogP contribution in [0.15, 0.2) is 36.5 Å². The second-order valence-corrected chi connectivity index (χ2v) is 3.98. The summed E-state index contributed by atoms with van der Waals surface area (Å²) in [6, 6.07) is 9.06. The molecule has 4 nitrogen and oxygen atoms in total. The van der Waals surface area contributed by atoms with Crippen molar-refractivity contribution in [3.63, 3.8) is 0 Å². The largest absolute Gasteiger partial charge is 0.396 e. The molecule has 0 aliphatic carbocycles. The SMILES string of the molecule is OCCC(O)C(O)c1ccc2ncccc2c1. The number of aliphatic hydroxyl groups is 3. The van der Waals surface area contributed by atoms with Gasteiger partial charge in [-0.25, -0.2) is 0 Å². The highest BCUT2D eigenvalue weighted by atomic mass is 16.3. The summed E-state index contributed by atoms with van der Waals surface area (Å²) in [6.45, 7) is -0.145. The molecule has 0 fully saturated rings. The van der Waals surface area contributed by atoms with Crippen LogP contribution >= 0.6 is 0 Å². The number of fused-ring (bicyclic) bond motifs is 1. The van der Waals surface area contributed by atoms with Gasteiger partial charge in [-0.1, -0.05) is 12.1 Å². The summed E-state index contributed by atoms with van der Waals surface area (Å²) in [6.07, 6.45) is -0.0634. The van der Waals surface area contributed by atoms with Gasteiger partial charge in [-0.15, -0.1) is 0 Å². The van der Waals surface area contributed by atoms with Gasteiger partial charge in [0, 0.05) is 18.2 Å². The van der Waals surface area contributed by atoms with Crippen LogP contribution in [0.25, 0.3) is 10.9 Å². The molecule has 1 heterocycles. The van der Waals surface area contributed by atoms with Gasteiger partial charge in [0.1, 0.15) is 6.10 Å². The molecule has 0 radical (unpaired) electrons. The van der Waals surface area contributed by atoms with E-state index < -0.39 is 12.2 Å². The van der Waals surface area contributed by atoms with Crippen LogP contribution in [0.1, 0.15) is 18.1 Å². The van der Waals surface area contributed by atoms with Crippen molar-refractivity contribution in [3.05, 3.63) is 42.1 Å². The van der Waals surface area contributed by atoms with Crippen molar-refractivity contribution in [3.8, 4) is 0 Å². The molecular weight excluding hydrogens is 218 g/mol. The first-order valence-corrected chi connectivity index (χ1v) is 5.54. The van der Waals surface area contributed by atoms with E-state index in [0.717, 1.165) is 10.9 Å². The molecule has 2 atom stereocenters. The quantitative estimate of drug-likeness (QED) is 0.737. The zero-order valence-corrected chi connectivity index (χ0v) is 9.32. The number of benzene rings is 1. The average molecular weight is 233 g/mol. The van der Waals surface area contributed by atoms with Crippen LogP contribution in [-0.4, -0.2) is 33.0 Å². The molecule has 0 saturated heterocycles. The van der Waals surface area contributed by atoms with Crippen molar-refractivity contribution in [1.82, 2.24) is 4.98 Å². The minimum atomic E-state index is -0.980. The first-order valence-electron chi connectivity index (χ1n) is 5.54. The third-order valence-corrected chi connectivity index (χ3v) is 2.76. The highest BCUT2D eigenvalue weighted by Gasteiger charge is 2.17. The van der Waals surface area contributed by atoms with E-state index in [2.05, 4.69) is 4.98 Å². The maximum absolute atomic E-state index is 9.90. The Morgan fingerprint density at radius 3 is 2.76 bits per heavy atom. The number of hydrogen-bond donors (Lipinski definition) is 3. The third-order valence-electron chi connectivity index (χ3n) is 2.76. The Bertz CT molecular complexity index is 501. The Morgan fingerprint density at radius 2 is 2.00 bits per heavy atom. The molecule has 0 bridgehead atoms. The van der Waals surface area contributed by atoms with Gasteiger partial charge in [-0.2, -0.15) is 0 Å². The van der Waals surface area contributed by atoms with E-state index in [9.17, 15) is 10.2 Å². The lowest BCUT2D eigenvalue weighted by Gasteiger charge is -2.17.